The SMILES string of the molecule is CC(C)(C)OC(=O)NCc1ccc(Cn2ccc3ccc(CNCc4[nH]c5ccccc5c4C4NC(=O)c5ccc(O)cc54)cc32)cc1. The Kier molecular flexibility index (Phi) is 8.14. The zero-order valence-electron chi connectivity index (χ0n) is 27.3. The minimum absolute atomic E-state index is 0.137. The number of benzene rings is 4. The number of carbonyl (C=O) groups is 2. The van der Waals surface area contributed by atoms with Crippen LogP contribution in [0.15, 0.2) is 97.2 Å². The molecule has 0 saturated carbocycles. The lowest BCUT2D eigenvalue weighted by molar-refractivity contribution is 0.0523. The van der Waals surface area contributed by atoms with Crippen LogP contribution in [-0.4, -0.2) is 32.3 Å². The van der Waals surface area contributed by atoms with E-state index in [2.05, 4.69) is 74.2 Å². The van der Waals surface area contributed by atoms with Crippen molar-refractivity contribution in [2.75, 3.05) is 0 Å². The summed E-state index contributed by atoms with van der Waals surface area (Å²) in [4.78, 5) is 28.4. The van der Waals surface area contributed by atoms with Crippen LogP contribution in [-0.2, 0) is 30.9 Å². The summed E-state index contributed by atoms with van der Waals surface area (Å²) in [6.07, 6.45) is 1.69. The van der Waals surface area contributed by atoms with Gasteiger partial charge in [-0.1, -0.05) is 54.6 Å². The van der Waals surface area contributed by atoms with Crippen molar-refractivity contribution in [2.45, 2.75) is 58.6 Å². The van der Waals surface area contributed by atoms with Gasteiger partial charge in [0.15, 0.2) is 0 Å². The van der Waals surface area contributed by atoms with Gasteiger partial charge in [0.05, 0.1) is 6.04 Å². The first-order valence-electron chi connectivity index (χ1n) is 16.2. The second-order valence-corrected chi connectivity index (χ2v) is 13.4. The van der Waals surface area contributed by atoms with Crippen molar-refractivity contribution >= 4 is 33.8 Å². The maximum Gasteiger partial charge on any atom is 0.407 e. The lowest BCUT2D eigenvalue weighted by Gasteiger charge is -2.19. The molecule has 2 amide bonds. The van der Waals surface area contributed by atoms with Gasteiger partial charge in [0.25, 0.3) is 5.91 Å². The number of aromatic amines is 1. The Labute approximate surface area is 278 Å². The number of amides is 2. The van der Waals surface area contributed by atoms with E-state index in [1.54, 1.807) is 18.2 Å². The van der Waals surface area contributed by atoms with Gasteiger partial charge in [0, 0.05) is 65.6 Å². The number of hydrogen-bond donors (Lipinski definition) is 5. The Morgan fingerprint density at radius 3 is 2.48 bits per heavy atom. The van der Waals surface area contributed by atoms with Gasteiger partial charge in [-0.15, -0.1) is 0 Å². The number of rotatable bonds is 9. The summed E-state index contributed by atoms with van der Waals surface area (Å²) in [5.41, 5.74) is 8.32. The van der Waals surface area contributed by atoms with Crippen LogP contribution in [0.25, 0.3) is 21.8 Å². The van der Waals surface area contributed by atoms with Gasteiger partial charge in [-0.05, 0) is 84.8 Å². The van der Waals surface area contributed by atoms with Crippen LogP contribution < -0.4 is 16.0 Å². The number of alkyl carbamates (subject to hydrolysis) is 1. The van der Waals surface area contributed by atoms with Gasteiger partial charge in [-0.3, -0.25) is 4.79 Å². The van der Waals surface area contributed by atoms with Crippen molar-refractivity contribution in [3.63, 3.8) is 0 Å². The van der Waals surface area contributed by atoms with Gasteiger partial charge >= 0.3 is 6.09 Å². The molecule has 1 unspecified atom stereocenters. The average molecular weight is 642 g/mol. The van der Waals surface area contributed by atoms with Crippen LogP contribution in [0.1, 0.15) is 70.7 Å². The quantitative estimate of drug-likeness (QED) is 0.116. The molecule has 0 fully saturated rings. The van der Waals surface area contributed by atoms with Crippen molar-refractivity contribution in [2.24, 2.45) is 0 Å². The van der Waals surface area contributed by atoms with E-state index in [9.17, 15) is 14.7 Å². The molecule has 1 aliphatic rings. The summed E-state index contributed by atoms with van der Waals surface area (Å²) in [6, 6.07) is 29.6. The van der Waals surface area contributed by atoms with Gasteiger partial charge in [0.1, 0.15) is 11.4 Å². The third kappa shape index (κ3) is 6.50. The molecule has 0 bridgehead atoms. The topological polar surface area (TPSA) is 120 Å². The first-order chi connectivity index (χ1) is 23.1. The summed E-state index contributed by atoms with van der Waals surface area (Å²) in [6.45, 7) is 7.90. The summed E-state index contributed by atoms with van der Waals surface area (Å²) >= 11 is 0. The smallest absolute Gasteiger partial charge is 0.407 e. The summed E-state index contributed by atoms with van der Waals surface area (Å²) in [7, 11) is 0. The van der Waals surface area contributed by atoms with E-state index in [4.69, 9.17) is 4.74 Å². The number of carbonyl (C=O) groups excluding carboxylic acids is 2. The van der Waals surface area contributed by atoms with Crippen LogP contribution in [0.5, 0.6) is 5.75 Å². The molecule has 2 aromatic heterocycles. The van der Waals surface area contributed by atoms with Gasteiger partial charge < -0.3 is 35.3 Å². The fourth-order valence-electron chi connectivity index (χ4n) is 6.46. The van der Waals surface area contributed by atoms with Crippen LogP contribution in [0, 0.1) is 0 Å². The number of phenolic OH excluding ortho intramolecular Hbond substituents is 1. The van der Waals surface area contributed by atoms with E-state index < -0.39 is 11.7 Å². The third-order valence-corrected chi connectivity index (χ3v) is 8.66. The highest BCUT2D eigenvalue weighted by molar-refractivity contribution is 6.01. The van der Waals surface area contributed by atoms with Crippen LogP contribution >= 0.6 is 0 Å². The normalized spacial score (nSPS) is 14.3. The molecule has 3 heterocycles. The fourth-order valence-corrected chi connectivity index (χ4v) is 6.46. The number of hydrogen-bond acceptors (Lipinski definition) is 5. The van der Waals surface area contributed by atoms with E-state index >= 15 is 0 Å². The minimum atomic E-state index is -0.528. The number of fused-ring (bicyclic) bond motifs is 3. The second-order valence-electron chi connectivity index (χ2n) is 13.4. The largest absolute Gasteiger partial charge is 0.508 e. The molecule has 244 valence electrons. The third-order valence-electron chi connectivity index (χ3n) is 8.66. The highest BCUT2D eigenvalue weighted by atomic mass is 16.6. The summed E-state index contributed by atoms with van der Waals surface area (Å²) in [5, 5.41) is 22.0. The molecule has 4 aromatic carbocycles. The van der Waals surface area contributed by atoms with E-state index in [0.29, 0.717) is 25.2 Å². The predicted octanol–water partition coefficient (Wildman–Crippen LogP) is 7.02. The molecule has 9 heteroatoms. The number of nitrogens with one attached hydrogen (secondary N) is 4. The Balaban J connectivity index is 1.04. The van der Waals surface area contributed by atoms with Crippen LogP contribution in [0.2, 0.25) is 0 Å². The standard InChI is InChI=1S/C39H39N5O4/c1-39(2,3)48-38(47)41-21-24-8-10-25(11-9-24)23-44-17-16-27-13-12-26(18-34(27)44)20-40-22-33-35(30-6-4-5-7-32(30)42-33)36-31-19-28(45)14-15-29(31)37(46)43-36/h4-19,36,40,42,45H,20-23H2,1-3H3,(H,41,47)(H,43,46). The number of nitrogens with zero attached hydrogens (tertiary/aromatic N) is 1. The van der Waals surface area contributed by atoms with Crippen molar-refractivity contribution in [1.29, 1.82) is 0 Å². The molecule has 0 saturated heterocycles. The molecule has 1 atom stereocenters. The van der Waals surface area contributed by atoms with E-state index in [0.717, 1.165) is 56.5 Å². The van der Waals surface area contributed by atoms with Crippen molar-refractivity contribution in [1.82, 2.24) is 25.5 Å². The number of para-hydroxylation sites is 1. The maximum absolute atomic E-state index is 12.8. The molecule has 0 radical (unpaired) electrons. The lowest BCUT2D eigenvalue weighted by atomic mass is 9.95. The second kappa shape index (κ2) is 12.6. The molecule has 6 aromatic rings. The molecule has 0 aliphatic carbocycles. The monoisotopic (exact) mass is 641 g/mol. The van der Waals surface area contributed by atoms with Crippen LogP contribution in [0.3, 0.4) is 0 Å². The van der Waals surface area contributed by atoms with E-state index in [1.807, 2.05) is 51.1 Å². The Bertz CT molecular complexity index is 2140. The van der Waals surface area contributed by atoms with Gasteiger partial charge in [-0.2, -0.15) is 0 Å². The number of phenols is 1. The highest BCUT2D eigenvalue weighted by Gasteiger charge is 2.33. The number of aromatic nitrogens is 2. The molecule has 7 rings (SSSR count). The summed E-state index contributed by atoms with van der Waals surface area (Å²) in [5.74, 6) is 0.00107. The van der Waals surface area contributed by atoms with Crippen molar-refractivity contribution in [3.05, 3.63) is 136 Å². The first-order valence-corrected chi connectivity index (χ1v) is 16.2. The number of aromatic hydroxyl groups is 1. The fraction of sp³-hybridized carbons (Fsp3) is 0.231. The van der Waals surface area contributed by atoms with E-state index in [-0.39, 0.29) is 17.7 Å². The molecular weight excluding hydrogens is 602 g/mol. The van der Waals surface area contributed by atoms with Crippen molar-refractivity contribution < 1.29 is 19.4 Å². The zero-order chi connectivity index (χ0) is 33.4. The van der Waals surface area contributed by atoms with Crippen molar-refractivity contribution in [3.8, 4) is 5.75 Å². The van der Waals surface area contributed by atoms with Gasteiger partial charge in [-0.25, -0.2) is 4.79 Å². The van der Waals surface area contributed by atoms with Gasteiger partial charge in [0.2, 0.25) is 0 Å². The molecule has 1 aliphatic heterocycles. The maximum atomic E-state index is 12.8. The zero-order valence-corrected chi connectivity index (χ0v) is 27.3. The summed E-state index contributed by atoms with van der Waals surface area (Å²) < 4.78 is 7.58. The average Bonchev–Trinajstić information content (AvgIpc) is 3.72. The minimum Gasteiger partial charge on any atom is -0.508 e. The lowest BCUT2D eigenvalue weighted by Crippen LogP contribution is -2.32. The molecule has 9 nitrogen and oxygen atoms in total. The molecule has 5 N–H and O–H groups in total. The molecular formula is C39H39N5O4. The Morgan fingerprint density at radius 2 is 1.67 bits per heavy atom. The van der Waals surface area contributed by atoms with Crippen LogP contribution in [0.4, 0.5) is 4.79 Å². The molecule has 0 spiro atoms. The Hall–Kier alpha value is -5.54. The highest BCUT2D eigenvalue weighted by Crippen LogP contribution is 2.38. The number of H-pyrrole nitrogens is 1. The Morgan fingerprint density at radius 1 is 0.896 bits per heavy atom. The predicted molar refractivity (Wildman–Crippen MR) is 187 cm³/mol. The molecule has 48 heavy (non-hydrogen) atoms. The van der Waals surface area contributed by atoms with E-state index in [1.165, 1.54) is 5.39 Å². The first kappa shape index (κ1) is 31.1. The number of ether oxygens (including phenoxy) is 1.